The molecule has 2 aromatic carbocycles. The molecule has 9 nitrogen and oxygen atoms in total. The monoisotopic (exact) mass is 499 g/mol. The second-order valence-electron chi connectivity index (χ2n) is 7.49. The summed E-state index contributed by atoms with van der Waals surface area (Å²) in [5.41, 5.74) is 1.53. The van der Waals surface area contributed by atoms with Gasteiger partial charge < -0.3 is 20.3 Å². The van der Waals surface area contributed by atoms with Crippen LogP contribution in [0.3, 0.4) is 0 Å². The van der Waals surface area contributed by atoms with Crippen LogP contribution in [0.15, 0.2) is 48.5 Å². The van der Waals surface area contributed by atoms with E-state index >= 15 is 0 Å². The normalized spacial score (nSPS) is 15.1. The number of amides is 3. The van der Waals surface area contributed by atoms with E-state index in [1.54, 1.807) is 60.4 Å². The molecule has 0 radical (unpaired) electrons. The van der Waals surface area contributed by atoms with Crippen molar-refractivity contribution < 1.29 is 19.1 Å². The Morgan fingerprint density at radius 1 is 1.12 bits per heavy atom. The summed E-state index contributed by atoms with van der Waals surface area (Å²) in [6.07, 6.45) is 1.53. The first-order valence-corrected chi connectivity index (χ1v) is 11.9. The third-order valence-electron chi connectivity index (χ3n) is 5.16. The van der Waals surface area contributed by atoms with E-state index in [4.69, 9.17) is 16.3 Å². The smallest absolute Gasteiger partial charge is 0.338 e. The van der Waals surface area contributed by atoms with Gasteiger partial charge in [0.2, 0.25) is 5.01 Å². The number of benzene rings is 2. The number of hydrogen-bond donors (Lipinski definition) is 2. The highest BCUT2D eigenvalue weighted by atomic mass is 35.5. The molecule has 1 aliphatic rings. The maximum Gasteiger partial charge on any atom is 0.338 e. The fourth-order valence-electron chi connectivity index (χ4n) is 3.58. The third kappa shape index (κ3) is 5.52. The topological polar surface area (TPSA) is 114 Å². The molecule has 3 amide bonds. The number of likely N-dealkylation sites (tertiary alicyclic amines) is 1. The number of carbonyl (C=O) groups excluding carboxylic acids is 3. The molecule has 176 valence electrons. The Kier molecular flexibility index (Phi) is 7.39. The molecule has 1 aliphatic heterocycles. The second kappa shape index (κ2) is 10.6. The van der Waals surface area contributed by atoms with E-state index in [9.17, 15) is 14.4 Å². The minimum absolute atomic E-state index is 0.205. The van der Waals surface area contributed by atoms with E-state index in [-0.39, 0.29) is 23.0 Å². The van der Waals surface area contributed by atoms with Crippen molar-refractivity contribution in [2.45, 2.75) is 25.8 Å². The summed E-state index contributed by atoms with van der Waals surface area (Å²) in [6, 6.07) is 12.8. The quantitative estimate of drug-likeness (QED) is 0.462. The predicted octanol–water partition coefficient (Wildman–Crippen LogP) is 4.99. The fraction of sp³-hybridized carbons (Fsp3) is 0.261. The van der Waals surface area contributed by atoms with Crippen LogP contribution in [0, 0.1) is 0 Å². The lowest BCUT2D eigenvalue weighted by Crippen LogP contribution is -2.34. The van der Waals surface area contributed by atoms with Crippen LogP contribution in [0.1, 0.15) is 51.0 Å². The average Bonchev–Trinajstić information content (AvgIpc) is 3.49. The summed E-state index contributed by atoms with van der Waals surface area (Å²) in [5, 5.41) is 15.1. The largest absolute Gasteiger partial charge is 0.462 e. The van der Waals surface area contributed by atoms with Crippen LogP contribution in [0.5, 0.6) is 0 Å². The zero-order valence-corrected chi connectivity index (χ0v) is 19.9. The van der Waals surface area contributed by atoms with E-state index in [1.807, 2.05) is 0 Å². The Balaban J connectivity index is 1.40. The molecule has 34 heavy (non-hydrogen) atoms. The Bertz CT molecular complexity index is 1200. The lowest BCUT2D eigenvalue weighted by Gasteiger charge is -2.23. The maximum atomic E-state index is 12.9. The first-order chi connectivity index (χ1) is 16.4. The number of carbonyl (C=O) groups is 3. The van der Waals surface area contributed by atoms with Crippen molar-refractivity contribution in [1.82, 2.24) is 15.1 Å². The molecule has 2 heterocycles. The Morgan fingerprint density at radius 2 is 1.91 bits per heavy atom. The van der Waals surface area contributed by atoms with Crippen molar-refractivity contribution in [3.8, 4) is 0 Å². The number of rotatable bonds is 6. The first kappa shape index (κ1) is 23.7. The van der Waals surface area contributed by atoms with Crippen molar-refractivity contribution in [2.24, 2.45) is 0 Å². The molecule has 0 aliphatic carbocycles. The Hall–Kier alpha value is -3.50. The van der Waals surface area contributed by atoms with Gasteiger partial charge in [-0.05, 0) is 62.2 Å². The van der Waals surface area contributed by atoms with Crippen LogP contribution in [0.2, 0.25) is 5.02 Å². The fourth-order valence-corrected chi connectivity index (χ4v) is 4.65. The van der Waals surface area contributed by atoms with Gasteiger partial charge in [0.1, 0.15) is 5.01 Å². The van der Waals surface area contributed by atoms with Crippen LogP contribution in [-0.4, -0.2) is 46.2 Å². The number of nitrogens with zero attached hydrogens (tertiary/aromatic N) is 3. The lowest BCUT2D eigenvalue weighted by atomic mass is 10.2. The molecule has 0 bridgehead atoms. The van der Waals surface area contributed by atoms with E-state index in [1.165, 1.54) is 0 Å². The molecule has 1 saturated heterocycles. The highest BCUT2D eigenvalue weighted by Crippen LogP contribution is 2.34. The second-order valence-corrected chi connectivity index (χ2v) is 8.93. The van der Waals surface area contributed by atoms with E-state index in [2.05, 4.69) is 20.8 Å². The van der Waals surface area contributed by atoms with Gasteiger partial charge in [0.05, 0.1) is 18.2 Å². The minimum Gasteiger partial charge on any atom is -0.462 e. The van der Waals surface area contributed by atoms with Crippen molar-refractivity contribution in [2.75, 3.05) is 23.8 Å². The van der Waals surface area contributed by atoms with Crippen molar-refractivity contribution >= 4 is 52.2 Å². The summed E-state index contributed by atoms with van der Waals surface area (Å²) in [6.45, 7) is 2.59. The maximum absolute atomic E-state index is 12.9. The number of nitrogens with one attached hydrogen (secondary N) is 2. The van der Waals surface area contributed by atoms with Gasteiger partial charge in [0, 0.05) is 22.9 Å². The molecular formula is C23H22ClN5O4S. The van der Waals surface area contributed by atoms with Gasteiger partial charge in [0.15, 0.2) is 0 Å². The van der Waals surface area contributed by atoms with Gasteiger partial charge >= 0.3 is 12.0 Å². The van der Waals surface area contributed by atoms with E-state index < -0.39 is 5.97 Å². The van der Waals surface area contributed by atoms with Crippen molar-refractivity contribution in [1.29, 1.82) is 0 Å². The number of halogens is 1. The number of urea groups is 1. The molecule has 2 N–H and O–H groups in total. The van der Waals surface area contributed by atoms with Gasteiger partial charge in [-0.25, -0.2) is 9.59 Å². The van der Waals surface area contributed by atoms with Gasteiger partial charge in [0.25, 0.3) is 5.91 Å². The first-order valence-electron chi connectivity index (χ1n) is 10.7. The van der Waals surface area contributed by atoms with Crippen molar-refractivity contribution in [3.05, 3.63) is 69.1 Å². The zero-order valence-electron chi connectivity index (χ0n) is 18.3. The van der Waals surface area contributed by atoms with Crippen LogP contribution in [0.4, 0.5) is 16.2 Å². The molecule has 1 atom stereocenters. The molecule has 1 aromatic heterocycles. The Morgan fingerprint density at radius 3 is 2.65 bits per heavy atom. The van der Waals surface area contributed by atoms with Gasteiger partial charge in [-0.3, -0.25) is 4.79 Å². The average molecular weight is 500 g/mol. The number of ether oxygens (including phenoxy) is 1. The van der Waals surface area contributed by atoms with Gasteiger partial charge in [-0.1, -0.05) is 29.0 Å². The lowest BCUT2D eigenvalue weighted by molar-refractivity contribution is 0.0526. The summed E-state index contributed by atoms with van der Waals surface area (Å²) >= 11 is 7.12. The summed E-state index contributed by atoms with van der Waals surface area (Å²) in [4.78, 5) is 38.9. The highest BCUT2D eigenvalue weighted by molar-refractivity contribution is 7.13. The number of esters is 1. The summed E-state index contributed by atoms with van der Waals surface area (Å²) < 4.78 is 4.97. The number of hydrogen-bond acceptors (Lipinski definition) is 7. The SMILES string of the molecule is CCOC(=O)c1ccc(NC(=O)N2CCC[C@H]2c2nnc(C(=O)Nc3cccc(Cl)c3)s2)cc1. The Labute approximate surface area is 205 Å². The number of aromatic nitrogens is 2. The van der Waals surface area contributed by atoms with Crippen LogP contribution < -0.4 is 10.6 Å². The van der Waals surface area contributed by atoms with Gasteiger partial charge in [-0.15, -0.1) is 10.2 Å². The summed E-state index contributed by atoms with van der Waals surface area (Å²) in [7, 11) is 0. The molecule has 0 saturated carbocycles. The summed E-state index contributed by atoms with van der Waals surface area (Å²) in [5.74, 6) is -0.798. The molecule has 0 unspecified atom stereocenters. The van der Waals surface area contributed by atoms with Crippen molar-refractivity contribution in [3.63, 3.8) is 0 Å². The van der Waals surface area contributed by atoms with E-state index in [0.29, 0.717) is 40.1 Å². The molecule has 1 fully saturated rings. The van der Waals surface area contributed by atoms with Crippen LogP contribution in [0.25, 0.3) is 0 Å². The predicted molar refractivity (Wildman–Crippen MR) is 129 cm³/mol. The highest BCUT2D eigenvalue weighted by Gasteiger charge is 2.33. The zero-order chi connectivity index (χ0) is 24.1. The molecule has 3 aromatic rings. The van der Waals surface area contributed by atoms with E-state index in [0.717, 1.165) is 24.2 Å². The molecule has 11 heteroatoms. The molecule has 0 spiro atoms. The van der Waals surface area contributed by atoms with Crippen LogP contribution in [-0.2, 0) is 4.74 Å². The third-order valence-corrected chi connectivity index (χ3v) is 6.42. The number of anilines is 2. The standard InChI is InChI=1S/C23H22ClN5O4S/c1-2-33-22(31)14-8-10-16(11-9-14)26-23(32)29-12-4-7-18(29)20-27-28-21(34-20)19(30)25-17-6-3-5-15(24)13-17/h3,5-6,8-11,13,18H,2,4,7,12H2,1H3,(H,25,30)(H,26,32)/t18-/m0/s1. The van der Waals surface area contributed by atoms with Gasteiger partial charge in [-0.2, -0.15) is 0 Å². The van der Waals surface area contributed by atoms with Crippen LogP contribution >= 0.6 is 22.9 Å². The molecular weight excluding hydrogens is 478 g/mol. The molecule has 4 rings (SSSR count). The minimum atomic E-state index is -0.411.